The summed E-state index contributed by atoms with van der Waals surface area (Å²) >= 11 is 0. The van der Waals surface area contributed by atoms with Crippen LogP contribution in [0, 0.1) is 0 Å². The molecule has 0 amide bonds. The normalized spacial score (nSPS) is 18.6. The zero-order valence-corrected chi connectivity index (χ0v) is 16.5. The Morgan fingerprint density at radius 1 is 1.10 bits per heavy atom. The summed E-state index contributed by atoms with van der Waals surface area (Å²) < 4.78 is 23.0. The minimum atomic E-state index is -1.99. The van der Waals surface area contributed by atoms with E-state index in [0.29, 0.717) is 6.10 Å². The molecule has 6 heteroatoms. The summed E-state index contributed by atoms with van der Waals surface area (Å²) in [6.45, 7) is 8.11. The highest BCUT2D eigenvalue weighted by atomic mass is 28.4. The second kappa shape index (κ2) is 10.9. The summed E-state index contributed by atoms with van der Waals surface area (Å²) in [6.07, 6.45) is 3.99. The molecule has 0 aromatic heterocycles. The number of unbranched alkanes of at least 4 members (excludes halogenated alkanes) is 1. The van der Waals surface area contributed by atoms with E-state index in [0.717, 1.165) is 51.5 Å². The van der Waals surface area contributed by atoms with E-state index in [-0.39, 0.29) is 0 Å². The topological polar surface area (TPSA) is 40.2 Å². The first-order valence-corrected chi connectivity index (χ1v) is 11.9. The van der Waals surface area contributed by atoms with E-state index in [2.05, 4.69) is 13.8 Å². The van der Waals surface area contributed by atoms with Gasteiger partial charge in [-0.25, -0.2) is 0 Å². The van der Waals surface area contributed by atoms with Crippen molar-refractivity contribution in [1.29, 1.82) is 0 Å². The fraction of sp³-hybridized carbons (Fsp3) is 1.00. The van der Waals surface area contributed by atoms with Gasteiger partial charge in [-0.3, -0.25) is 0 Å². The smallest absolute Gasteiger partial charge is 0.338 e. The molecule has 1 saturated heterocycles. The largest absolute Gasteiger partial charge is 0.394 e. The Hall–Kier alpha value is 0.274. The standard InChI is InChI=1S/C14H32O4Si2/c1-3-17-20(18-4-2,10-6-5-9-19)11-7-8-15-12-14-13-16-14/h14H,3-13H2,1-2,19H3. The quantitative estimate of drug-likeness (QED) is 0.278. The van der Waals surface area contributed by atoms with Gasteiger partial charge in [0.2, 0.25) is 0 Å². The zero-order valence-electron chi connectivity index (χ0n) is 13.5. The molecule has 0 aromatic rings. The Kier molecular flexibility index (Phi) is 10.0. The second-order valence-electron chi connectivity index (χ2n) is 5.37. The number of hydrogen-bond acceptors (Lipinski definition) is 4. The van der Waals surface area contributed by atoms with Crippen LogP contribution in [0.1, 0.15) is 33.1 Å². The molecule has 0 saturated carbocycles. The molecule has 0 aliphatic carbocycles. The van der Waals surface area contributed by atoms with Crippen LogP contribution in [0.2, 0.25) is 18.1 Å². The fourth-order valence-corrected chi connectivity index (χ4v) is 6.38. The van der Waals surface area contributed by atoms with E-state index in [4.69, 9.17) is 18.3 Å². The number of epoxide rings is 1. The van der Waals surface area contributed by atoms with Crippen molar-refractivity contribution in [3.8, 4) is 0 Å². The van der Waals surface area contributed by atoms with Crippen LogP contribution in [-0.2, 0) is 18.3 Å². The molecule has 0 radical (unpaired) electrons. The number of hydrogen-bond donors (Lipinski definition) is 0. The Morgan fingerprint density at radius 3 is 2.30 bits per heavy atom. The molecular weight excluding hydrogens is 288 g/mol. The van der Waals surface area contributed by atoms with Gasteiger partial charge >= 0.3 is 8.56 Å². The molecule has 20 heavy (non-hydrogen) atoms. The van der Waals surface area contributed by atoms with Gasteiger partial charge in [0.25, 0.3) is 0 Å². The Labute approximate surface area is 128 Å². The van der Waals surface area contributed by atoms with Crippen molar-refractivity contribution in [2.24, 2.45) is 0 Å². The lowest BCUT2D eigenvalue weighted by molar-refractivity contribution is 0.112. The third-order valence-electron chi connectivity index (χ3n) is 3.53. The van der Waals surface area contributed by atoms with Crippen molar-refractivity contribution >= 4 is 18.8 Å². The molecule has 4 nitrogen and oxygen atoms in total. The van der Waals surface area contributed by atoms with Crippen LogP contribution in [-0.4, -0.2) is 57.9 Å². The lowest BCUT2D eigenvalue weighted by atomic mass is 10.4. The summed E-state index contributed by atoms with van der Waals surface area (Å²) in [5.74, 6) is 0. The van der Waals surface area contributed by atoms with Gasteiger partial charge in [-0.1, -0.05) is 18.9 Å². The van der Waals surface area contributed by atoms with Crippen LogP contribution in [0.25, 0.3) is 0 Å². The number of ether oxygens (including phenoxy) is 2. The van der Waals surface area contributed by atoms with Gasteiger partial charge in [0.1, 0.15) is 6.10 Å². The zero-order chi connectivity index (χ0) is 14.7. The summed E-state index contributed by atoms with van der Waals surface area (Å²) in [6, 6.07) is 3.58. The molecule has 0 aromatic carbocycles. The molecule has 120 valence electrons. The van der Waals surface area contributed by atoms with Gasteiger partial charge in [0, 0.05) is 30.1 Å². The number of rotatable bonds is 14. The van der Waals surface area contributed by atoms with E-state index in [1.807, 2.05) is 0 Å². The van der Waals surface area contributed by atoms with Crippen LogP contribution in [0.15, 0.2) is 0 Å². The van der Waals surface area contributed by atoms with Gasteiger partial charge in [0.05, 0.1) is 13.2 Å². The third-order valence-corrected chi connectivity index (χ3v) is 8.10. The summed E-state index contributed by atoms with van der Waals surface area (Å²) in [5.41, 5.74) is 0. The van der Waals surface area contributed by atoms with E-state index < -0.39 is 8.56 Å². The maximum atomic E-state index is 6.10. The van der Waals surface area contributed by atoms with Gasteiger partial charge < -0.3 is 18.3 Å². The predicted octanol–water partition coefficient (Wildman–Crippen LogP) is 1.87. The molecular formula is C14H32O4Si2. The Balaban J connectivity index is 2.28. The molecule has 1 atom stereocenters. The highest BCUT2D eigenvalue weighted by Crippen LogP contribution is 2.24. The molecule has 0 N–H and O–H groups in total. The molecule has 1 unspecified atom stereocenters. The highest BCUT2D eigenvalue weighted by molar-refractivity contribution is 6.67. The van der Waals surface area contributed by atoms with Crippen molar-refractivity contribution in [1.82, 2.24) is 0 Å². The first-order chi connectivity index (χ1) is 9.76. The molecule has 0 bridgehead atoms. The Bertz CT molecular complexity index is 231. The predicted molar refractivity (Wildman–Crippen MR) is 87.8 cm³/mol. The molecule has 0 spiro atoms. The third kappa shape index (κ3) is 7.90. The van der Waals surface area contributed by atoms with Crippen LogP contribution in [0.5, 0.6) is 0 Å². The fourth-order valence-electron chi connectivity index (χ4n) is 2.45. The van der Waals surface area contributed by atoms with Crippen LogP contribution in [0.3, 0.4) is 0 Å². The summed E-state index contributed by atoms with van der Waals surface area (Å²) in [4.78, 5) is 0. The van der Waals surface area contributed by atoms with E-state index in [9.17, 15) is 0 Å². The SMILES string of the molecule is CCO[Si](CCCC[SiH3])(CCCOCC1CO1)OCC. The molecule has 1 fully saturated rings. The summed E-state index contributed by atoms with van der Waals surface area (Å²) in [7, 11) is -0.685. The molecule has 1 aliphatic rings. The minimum Gasteiger partial charge on any atom is -0.394 e. The molecule has 1 heterocycles. The van der Waals surface area contributed by atoms with Gasteiger partial charge in [0.15, 0.2) is 0 Å². The van der Waals surface area contributed by atoms with Crippen LogP contribution >= 0.6 is 0 Å². The van der Waals surface area contributed by atoms with Crippen molar-refractivity contribution in [3.05, 3.63) is 0 Å². The minimum absolute atomic E-state index is 0.365. The highest BCUT2D eigenvalue weighted by Gasteiger charge is 2.35. The lowest BCUT2D eigenvalue weighted by Crippen LogP contribution is -2.42. The van der Waals surface area contributed by atoms with Crippen molar-refractivity contribution in [3.63, 3.8) is 0 Å². The maximum absolute atomic E-state index is 6.10. The van der Waals surface area contributed by atoms with Crippen molar-refractivity contribution < 1.29 is 18.3 Å². The van der Waals surface area contributed by atoms with E-state index >= 15 is 0 Å². The Morgan fingerprint density at radius 2 is 1.75 bits per heavy atom. The van der Waals surface area contributed by atoms with Gasteiger partial charge in [-0.05, 0) is 32.4 Å². The van der Waals surface area contributed by atoms with E-state index in [1.54, 1.807) is 0 Å². The average Bonchev–Trinajstić information content (AvgIpc) is 3.23. The molecule has 1 aliphatic heterocycles. The average molecular weight is 321 g/mol. The first kappa shape index (κ1) is 18.3. The van der Waals surface area contributed by atoms with Gasteiger partial charge in [-0.2, -0.15) is 0 Å². The first-order valence-electron chi connectivity index (χ1n) is 8.23. The maximum Gasteiger partial charge on any atom is 0.338 e. The molecule has 1 rings (SSSR count). The van der Waals surface area contributed by atoms with Crippen LogP contribution in [0.4, 0.5) is 0 Å². The monoisotopic (exact) mass is 320 g/mol. The van der Waals surface area contributed by atoms with E-state index in [1.165, 1.54) is 29.1 Å². The summed E-state index contributed by atoms with van der Waals surface area (Å²) in [5, 5.41) is 0. The second-order valence-corrected chi connectivity index (χ2v) is 9.77. The van der Waals surface area contributed by atoms with Gasteiger partial charge in [-0.15, -0.1) is 0 Å². The van der Waals surface area contributed by atoms with Crippen molar-refractivity contribution in [2.75, 3.05) is 33.0 Å². The lowest BCUT2D eigenvalue weighted by Gasteiger charge is -2.30. The van der Waals surface area contributed by atoms with Crippen LogP contribution < -0.4 is 0 Å². The van der Waals surface area contributed by atoms with Crippen molar-refractivity contribution in [2.45, 2.75) is 57.3 Å².